The Morgan fingerprint density at radius 1 is 1.15 bits per heavy atom. The minimum absolute atomic E-state index is 0.190. The maximum atomic E-state index is 12.7. The van der Waals surface area contributed by atoms with Gasteiger partial charge in [-0.25, -0.2) is 9.55 Å². The van der Waals surface area contributed by atoms with Gasteiger partial charge in [-0.15, -0.1) is 0 Å². The first-order valence-electron chi connectivity index (χ1n) is 12.3. The predicted octanol–water partition coefficient (Wildman–Crippen LogP) is 4.35. The number of carbonyl (C=O) groups is 1. The Morgan fingerprint density at radius 3 is 2.60 bits per heavy atom. The maximum Gasteiger partial charge on any atom is 0.471 e. The Morgan fingerprint density at radius 2 is 1.90 bits per heavy atom. The van der Waals surface area contributed by atoms with Crippen molar-refractivity contribution >= 4 is 30.5 Å². The van der Waals surface area contributed by atoms with Crippen molar-refractivity contribution in [3.63, 3.8) is 0 Å². The van der Waals surface area contributed by atoms with Crippen molar-refractivity contribution in [3.8, 4) is 28.3 Å². The van der Waals surface area contributed by atoms with Gasteiger partial charge in [0, 0.05) is 60.3 Å². The molecule has 0 fully saturated rings. The summed E-state index contributed by atoms with van der Waals surface area (Å²) in [5.74, 6) is -0.190. The number of likely N-dealkylation sites (N-methyl/N-ethyl adjacent to an activating group) is 2. The SMILES string of the molecule is CC(OP(=O)(O)O)n1cc(-c2cccc(C#N)c2)c2cc(-c3cncc(N(C)C(=O)C=CCN(C)C)c3)cnc21. The first kappa shape index (κ1) is 28.8. The summed E-state index contributed by atoms with van der Waals surface area (Å²) in [4.78, 5) is 43.8. The topological polar surface area (TPSA) is 145 Å². The van der Waals surface area contributed by atoms with Crippen molar-refractivity contribution in [1.82, 2.24) is 19.4 Å². The summed E-state index contributed by atoms with van der Waals surface area (Å²) in [6.45, 7) is 2.15. The molecule has 0 aliphatic carbocycles. The number of benzene rings is 1. The number of pyridine rings is 2. The van der Waals surface area contributed by atoms with Gasteiger partial charge in [-0.2, -0.15) is 5.26 Å². The number of aromatic nitrogens is 3. The van der Waals surface area contributed by atoms with Crippen LogP contribution in [0.4, 0.5) is 5.69 Å². The number of nitrogens with zero attached hydrogens (tertiary/aromatic N) is 6. The third-order valence-corrected chi connectivity index (χ3v) is 6.74. The highest BCUT2D eigenvalue weighted by Crippen LogP contribution is 2.42. The molecule has 40 heavy (non-hydrogen) atoms. The Bertz CT molecular complexity index is 1670. The molecule has 206 valence electrons. The highest BCUT2D eigenvalue weighted by Gasteiger charge is 2.23. The largest absolute Gasteiger partial charge is 0.471 e. The van der Waals surface area contributed by atoms with Crippen LogP contribution in [-0.2, 0) is 13.9 Å². The molecule has 0 spiro atoms. The second-order valence-corrected chi connectivity index (χ2v) is 10.6. The van der Waals surface area contributed by atoms with Crippen LogP contribution >= 0.6 is 7.82 Å². The third-order valence-electron chi connectivity index (χ3n) is 6.16. The summed E-state index contributed by atoms with van der Waals surface area (Å²) >= 11 is 0. The van der Waals surface area contributed by atoms with Crippen LogP contribution < -0.4 is 4.90 Å². The van der Waals surface area contributed by atoms with Crippen molar-refractivity contribution in [2.75, 3.05) is 32.6 Å². The number of anilines is 1. The smallest absolute Gasteiger partial charge is 0.310 e. The Kier molecular flexibility index (Phi) is 8.59. The first-order chi connectivity index (χ1) is 19.0. The number of fused-ring (bicyclic) bond motifs is 1. The zero-order valence-corrected chi connectivity index (χ0v) is 23.4. The molecule has 1 atom stereocenters. The summed E-state index contributed by atoms with van der Waals surface area (Å²) < 4.78 is 18.0. The number of amides is 1. The molecule has 0 saturated heterocycles. The fourth-order valence-electron chi connectivity index (χ4n) is 4.17. The standard InChI is InChI=1S/C28H29N6O5P/c1-19(39-40(36,37)38)34-18-26(21-8-5-7-20(11-21)14-29)25-13-23(16-31-28(25)34)22-12-24(17-30-15-22)33(4)27(35)9-6-10-32(2)3/h5-9,11-13,15-19H,10H2,1-4H3,(H2,36,37,38). The van der Waals surface area contributed by atoms with E-state index in [1.165, 1.54) is 22.5 Å². The van der Waals surface area contributed by atoms with Crippen LogP contribution in [0.25, 0.3) is 33.3 Å². The van der Waals surface area contributed by atoms with Crippen molar-refractivity contribution in [1.29, 1.82) is 5.26 Å². The summed E-state index contributed by atoms with van der Waals surface area (Å²) in [5.41, 5.74) is 4.35. The number of hydrogen-bond acceptors (Lipinski definition) is 7. The Labute approximate surface area is 231 Å². The minimum Gasteiger partial charge on any atom is -0.310 e. The minimum atomic E-state index is -4.77. The number of hydrogen-bond donors (Lipinski definition) is 2. The van der Waals surface area contributed by atoms with Crippen molar-refractivity contribution in [2.24, 2.45) is 0 Å². The van der Waals surface area contributed by atoms with Crippen LogP contribution in [0.3, 0.4) is 0 Å². The Balaban J connectivity index is 1.78. The van der Waals surface area contributed by atoms with Crippen molar-refractivity contribution < 1.29 is 23.7 Å². The average Bonchev–Trinajstić information content (AvgIpc) is 3.31. The van der Waals surface area contributed by atoms with Crippen LogP contribution in [0, 0.1) is 11.3 Å². The molecule has 3 heterocycles. The number of nitriles is 1. The highest BCUT2D eigenvalue weighted by atomic mass is 31.2. The lowest BCUT2D eigenvalue weighted by Gasteiger charge is -2.17. The monoisotopic (exact) mass is 560 g/mol. The van der Waals surface area contributed by atoms with Gasteiger partial charge < -0.3 is 24.2 Å². The van der Waals surface area contributed by atoms with Crippen molar-refractivity contribution in [3.05, 3.63) is 78.9 Å². The normalized spacial score (nSPS) is 12.7. The molecular weight excluding hydrogens is 531 g/mol. The molecule has 4 aromatic rings. The molecule has 0 radical (unpaired) electrons. The van der Waals surface area contributed by atoms with E-state index in [9.17, 15) is 24.4 Å². The molecule has 1 unspecified atom stereocenters. The molecule has 2 N–H and O–H groups in total. The molecule has 0 bridgehead atoms. The predicted molar refractivity (Wildman–Crippen MR) is 152 cm³/mol. The van der Waals surface area contributed by atoms with Crippen LogP contribution in [0.15, 0.2) is 73.3 Å². The van der Waals surface area contributed by atoms with Gasteiger partial charge >= 0.3 is 7.82 Å². The summed E-state index contributed by atoms with van der Waals surface area (Å²) in [6.07, 6.45) is 8.87. The third kappa shape index (κ3) is 6.69. The second-order valence-electron chi connectivity index (χ2n) is 9.43. The van der Waals surface area contributed by atoms with E-state index in [1.807, 2.05) is 37.2 Å². The summed E-state index contributed by atoms with van der Waals surface area (Å²) in [7, 11) is 0.738. The van der Waals surface area contributed by atoms with Crippen molar-refractivity contribution in [2.45, 2.75) is 13.2 Å². The van der Waals surface area contributed by atoms with Gasteiger partial charge in [0.25, 0.3) is 0 Å². The average molecular weight is 561 g/mol. The van der Waals surface area contributed by atoms with Gasteiger partial charge in [0.15, 0.2) is 0 Å². The van der Waals surface area contributed by atoms with E-state index in [1.54, 1.807) is 56.1 Å². The van der Waals surface area contributed by atoms with E-state index < -0.39 is 14.1 Å². The van der Waals surface area contributed by atoms with Gasteiger partial charge in [0.2, 0.25) is 5.91 Å². The molecule has 4 rings (SSSR count). The zero-order chi connectivity index (χ0) is 29.0. The van der Waals surface area contributed by atoms with Gasteiger partial charge in [0.1, 0.15) is 11.9 Å². The number of rotatable bonds is 9. The quantitative estimate of drug-likeness (QED) is 0.225. The van der Waals surface area contributed by atoms with Gasteiger partial charge in [-0.05, 0) is 50.8 Å². The summed E-state index contributed by atoms with van der Waals surface area (Å²) in [5, 5.41) is 10.1. The molecule has 0 aliphatic rings. The lowest BCUT2D eigenvalue weighted by molar-refractivity contribution is -0.113. The highest BCUT2D eigenvalue weighted by molar-refractivity contribution is 7.46. The van der Waals surface area contributed by atoms with E-state index in [2.05, 4.69) is 16.0 Å². The van der Waals surface area contributed by atoms with Crippen LogP contribution in [0.1, 0.15) is 18.7 Å². The lowest BCUT2D eigenvalue weighted by Crippen LogP contribution is -2.24. The zero-order valence-electron chi connectivity index (χ0n) is 22.5. The summed E-state index contributed by atoms with van der Waals surface area (Å²) in [6, 6.07) is 12.9. The molecule has 1 amide bonds. The number of phosphoric acid groups is 1. The second kappa shape index (κ2) is 11.9. The molecule has 1 aromatic carbocycles. The number of carbonyl (C=O) groups excluding carboxylic acids is 1. The van der Waals surface area contributed by atoms with Crippen LogP contribution in [0.2, 0.25) is 0 Å². The van der Waals surface area contributed by atoms with E-state index in [0.717, 1.165) is 5.56 Å². The fraction of sp³-hybridized carbons (Fsp3) is 0.214. The maximum absolute atomic E-state index is 12.7. The van der Waals surface area contributed by atoms with E-state index in [-0.39, 0.29) is 5.91 Å². The molecule has 3 aromatic heterocycles. The van der Waals surface area contributed by atoms with E-state index >= 15 is 0 Å². The Hall–Kier alpha value is -4.17. The molecule has 0 aliphatic heterocycles. The molecular formula is C28H29N6O5P. The molecule has 11 nitrogen and oxygen atoms in total. The number of phosphoric ester groups is 1. The fourth-order valence-corrected chi connectivity index (χ4v) is 4.67. The van der Waals surface area contributed by atoms with E-state index in [4.69, 9.17) is 4.52 Å². The molecule has 12 heteroatoms. The van der Waals surface area contributed by atoms with E-state index in [0.29, 0.717) is 45.5 Å². The van der Waals surface area contributed by atoms with Gasteiger partial charge in [-0.3, -0.25) is 14.3 Å². The lowest BCUT2D eigenvalue weighted by atomic mass is 10.0. The van der Waals surface area contributed by atoms with Crippen LogP contribution in [0.5, 0.6) is 0 Å². The molecule has 0 saturated carbocycles. The first-order valence-corrected chi connectivity index (χ1v) is 13.8. The van der Waals surface area contributed by atoms with Gasteiger partial charge in [-0.1, -0.05) is 18.2 Å². The van der Waals surface area contributed by atoms with Crippen LogP contribution in [-0.4, -0.2) is 62.8 Å². The van der Waals surface area contributed by atoms with Gasteiger partial charge in [0.05, 0.1) is 23.5 Å².